The van der Waals surface area contributed by atoms with Gasteiger partial charge in [-0.2, -0.15) is 0 Å². The first-order chi connectivity index (χ1) is 15.0. The standard InChI is InChI=1S/C23H29ClFN5O/c1-16-21(23(31)30-11-7-18(8-12-30)29-9-3-2-4-10-29)27-15-28-22(16)26-14-17-5-6-19(24)20(25)13-17/h5-6,13,15,18H,2-4,7-12,14H2,1H3,(H,26,27,28). The molecule has 1 aromatic carbocycles. The Balaban J connectivity index is 1.38. The smallest absolute Gasteiger partial charge is 0.272 e. The first kappa shape index (κ1) is 22.0. The molecular formula is C23H29ClFN5O. The zero-order chi connectivity index (χ0) is 21.8. The molecule has 0 atom stereocenters. The van der Waals surface area contributed by atoms with Gasteiger partial charge >= 0.3 is 0 Å². The lowest BCUT2D eigenvalue weighted by Gasteiger charge is -2.40. The molecular weight excluding hydrogens is 417 g/mol. The monoisotopic (exact) mass is 445 g/mol. The molecule has 2 aliphatic rings. The number of benzene rings is 1. The SMILES string of the molecule is Cc1c(NCc2ccc(Cl)c(F)c2)ncnc1C(=O)N1CCC(N2CCCCC2)CC1. The van der Waals surface area contributed by atoms with E-state index in [2.05, 4.69) is 20.2 Å². The van der Waals surface area contributed by atoms with Crippen LogP contribution in [-0.2, 0) is 6.54 Å². The first-order valence-electron chi connectivity index (χ1n) is 11.1. The van der Waals surface area contributed by atoms with Gasteiger partial charge in [-0.1, -0.05) is 24.1 Å². The summed E-state index contributed by atoms with van der Waals surface area (Å²) in [6.07, 6.45) is 7.36. The molecule has 2 aliphatic heterocycles. The Kier molecular flexibility index (Phi) is 7.02. The highest BCUT2D eigenvalue weighted by Gasteiger charge is 2.29. The lowest BCUT2D eigenvalue weighted by molar-refractivity contribution is 0.0584. The molecule has 0 unspecified atom stereocenters. The van der Waals surface area contributed by atoms with Crippen LogP contribution in [0.25, 0.3) is 0 Å². The van der Waals surface area contributed by atoms with Crippen LogP contribution in [0.1, 0.15) is 53.7 Å². The van der Waals surface area contributed by atoms with Crippen LogP contribution >= 0.6 is 11.6 Å². The Morgan fingerprint density at radius 3 is 2.61 bits per heavy atom. The Morgan fingerprint density at radius 1 is 1.16 bits per heavy atom. The van der Waals surface area contributed by atoms with E-state index in [1.807, 2.05) is 11.8 Å². The fourth-order valence-corrected chi connectivity index (χ4v) is 4.66. The number of likely N-dealkylation sites (tertiary alicyclic amines) is 2. The van der Waals surface area contributed by atoms with Gasteiger partial charge in [0, 0.05) is 31.2 Å². The van der Waals surface area contributed by atoms with Gasteiger partial charge in [-0.3, -0.25) is 4.79 Å². The highest BCUT2D eigenvalue weighted by Crippen LogP contribution is 2.23. The third kappa shape index (κ3) is 5.15. The van der Waals surface area contributed by atoms with Crippen molar-refractivity contribution in [3.05, 3.63) is 52.2 Å². The van der Waals surface area contributed by atoms with Gasteiger partial charge in [0.1, 0.15) is 23.7 Å². The minimum absolute atomic E-state index is 0.0439. The molecule has 1 N–H and O–H groups in total. The summed E-state index contributed by atoms with van der Waals surface area (Å²) >= 11 is 5.74. The predicted molar refractivity (Wildman–Crippen MR) is 120 cm³/mol. The number of hydrogen-bond acceptors (Lipinski definition) is 5. The molecule has 166 valence electrons. The second-order valence-corrected chi connectivity index (χ2v) is 8.83. The van der Waals surface area contributed by atoms with E-state index >= 15 is 0 Å². The quantitative estimate of drug-likeness (QED) is 0.744. The molecule has 0 aliphatic carbocycles. The van der Waals surface area contributed by atoms with Crippen LogP contribution in [0, 0.1) is 12.7 Å². The van der Waals surface area contributed by atoms with Gasteiger partial charge in [-0.25, -0.2) is 14.4 Å². The fraction of sp³-hybridized carbons (Fsp3) is 0.522. The molecule has 2 aromatic rings. The van der Waals surface area contributed by atoms with Crippen LogP contribution in [0.15, 0.2) is 24.5 Å². The molecule has 2 fully saturated rings. The third-order valence-corrected chi connectivity index (χ3v) is 6.70. The van der Waals surface area contributed by atoms with Gasteiger partial charge in [0.25, 0.3) is 5.91 Å². The maximum atomic E-state index is 13.7. The van der Waals surface area contributed by atoms with E-state index in [0.29, 0.717) is 29.7 Å². The maximum Gasteiger partial charge on any atom is 0.272 e. The number of hydrogen-bond donors (Lipinski definition) is 1. The molecule has 8 heteroatoms. The number of nitrogens with one attached hydrogen (secondary N) is 1. The summed E-state index contributed by atoms with van der Waals surface area (Å²) in [6, 6.07) is 5.27. The molecule has 0 radical (unpaired) electrons. The molecule has 0 bridgehead atoms. The van der Waals surface area contributed by atoms with Gasteiger partial charge in [-0.15, -0.1) is 0 Å². The predicted octanol–water partition coefficient (Wildman–Crippen LogP) is 4.28. The second kappa shape index (κ2) is 9.92. The minimum atomic E-state index is -0.454. The number of anilines is 1. The maximum absolute atomic E-state index is 13.7. The van der Waals surface area contributed by atoms with E-state index in [4.69, 9.17) is 11.6 Å². The Hall–Kier alpha value is -2.25. The molecule has 2 saturated heterocycles. The number of carbonyl (C=O) groups is 1. The van der Waals surface area contributed by atoms with Crippen molar-refractivity contribution in [2.45, 2.75) is 51.6 Å². The van der Waals surface area contributed by atoms with E-state index in [0.717, 1.165) is 31.5 Å². The van der Waals surface area contributed by atoms with Gasteiger partial charge in [0.05, 0.1) is 5.02 Å². The van der Waals surface area contributed by atoms with E-state index < -0.39 is 5.82 Å². The molecule has 1 aromatic heterocycles. The van der Waals surface area contributed by atoms with Gasteiger partial charge in [0.2, 0.25) is 0 Å². The molecule has 4 rings (SSSR count). The first-order valence-corrected chi connectivity index (χ1v) is 11.4. The van der Waals surface area contributed by atoms with E-state index in [1.165, 1.54) is 50.8 Å². The summed E-state index contributed by atoms with van der Waals surface area (Å²) in [6.45, 7) is 6.12. The van der Waals surface area contributed by atoms with Crippen molar-refractivity contribution in [2.24, 2.45) is 0 Å². The summed E-state index contributed by atoms with van der Waals surface area (Å²) in [7, 11) is 0. The minimum Gasteiger partial charge on any atom is -0.366 e. The van der Waals surface area contributed by atoms with Gasteiger partial charge < -0.3 is 15.1 Å². The van der Waals surface area contributed by atoms with Crippen molar-refractivity contribution < 1.29 is 9.18 Å². The lowest BCUT2D eigenvalue weighted by Crippen LogP contribution is -2.48. The van der Waals surface area contributed by atoms with E-state index in [-0.39, 0.29) is 10.9 Å². The largest absolute Gasteiger partial charge is 0.366 e. The molecule has 0 saturated carbocycles. The lowest BCUT2D eigenvalue weighted by atomic mass is 9.99. The fourth-order valence-electron chi connectivity index (χ4n) is 4.55. The summed E-state index contributed by atoms with van der Waals surface area (Å²) < 4.78 is 13.7. The van der Waals surface area contributed by atoms with Crippen molar-refractivity contribution in [3.8, 4) is 0 Å². The van der Waals surface area contributed by atoms with Crippen LogP contribution < -0.4 is 5.32 Å². The Bertz CT molecular complexity index is 926. The average molecular weight is 446 g/mol. The summed E-state index contributed by atoms with van der Waals surface area (Å²) in [5.41, 5.74) is 1.88. The zero-order valence-electron chi connectivity index (χ0n) is 17.9. The van der Waals surface area contributed by atoms with Crippen LogP contribution in [0.2, 0.25) is 5.02 Å². The highest BCUT2D eigenvalue weighted by atomic mass is 35.5. The van der Waals surface area contributed by atoms with Crippen LogP contribution in [-0.4, -0.2) is 57.9 Å². The van der Waals surface area contributed by atoms with Crippen molar-refractivity contribution in [2.75, 3.05) is 31.5 Å². The topological polar surface area (TPSA) is 61.4 Å². The number of rotatable bonds is 5. The molecule has 0 spiro atoms. The summed E-state index contributed by atoms with van der Waals surface area (Å²) in [5.74, 6) is 0.0821. The third-order valence-electron chi connectivity index (χ3n) is 6.39. The van der Waals surface area contributed by atoms with Crippen LogP contribution in [0.4, 0.5) is 10.2 Å². The number of carbonyl (C=O) groups excluding carboxylic acids is 1. The number of aromatic nitrogens is 2. The highest BCUT2D eigenvalue weighted by molar-refractivity contribution is 6.30. The molecule has 6 nitrogen and oxygen atoms in total. The van der Waals surface area contributed by atoms with Crippen LogP contribution in [0.3, 0.4) is 0 Å². The average Bonchev–Trinajstić information content (AvgIpc) is 2.81. The van der Waals surface area contributed by atoms with Crippen molar-refractivity contribution in [1.82, 2.24) is 19.8 Å². The van der Waals surface area contributed by atoms with Crippen molar-refractivity contribution in [3.63, 3.8) is 0 Å². The number of halogens is 2. The van der Waals surface area contributed by atoms with Crippen molar-refractivity contribution >= 4 is 23.3 Å². The van der Waals surface area contributed by atoms with Crippen molar-refractivity contribution in [1.29, 1.82) is 0 Å². The summed E-state index contributed by atoms with van der Waals surface area (Å²) in [4.78, 5) is 26.2. The molecule has 31 heavy (non-hydrogen) atoms. The number of nitrogens with zero attached hydrogens (tertiary/aromatic N) is 4. The molecule has 1 amide bonds. The Morgan fingerprint density at radius 2 is 1.90 bits per heavy atom. The molecule has 3 heterocycles. The van der Waals surface area contributed by atoms with Crippen LogP contribution in [0.5, 0.6) is 0 Å². The van der Waals surface area contributed by atoms with Gasteiger partial charge in [-0.05, 0) is 63.4 Å². The van der Waals surface area contributed by atoms with E-state index in [9.17, 15) is 9.18 Å². The number of piperidine rings is 2. The second-order valence-electron chi connectivity index (χ2n) is 8.42. The number of amides is 1. The zero-order valence-corrected chi connectivity index (χ0v) is 18.7. The Labute approximate surface area is 187 Å². The normalized spacial score (nSPS) is 18.2. The van der Waals surface area contributed by atoms with Gasteiger partial charge in [0.15, 0.2) is 0 Å². The van der Waals surface area contributed by atoms with E-state index in [1.54, 1.807) is 6.07 Å². The summed E-state index contributed by atoms with van der Waals surface area (Å²) in [5, 5.41) is 3.28.